The van der Waals surface area contributed by atoms with Gasteiger partial charge < -0.3 is 10.2 Å². The lowest BCUT2D eigenvalue weighted by Gasteiger charge is -2.33. The number of hydrogen-bond donors (Lipinski definition) is 1. The Balaban J connectivity index is 1.52. The quantitative estimate of drug-likeness (QED) is 0.482. The second-order valence-corrected chi connectivity index (χ2v) is 10.4. The molecule has 1 atom stereocenters. The number of benzene rings is 2. The zero-order valence-electron chi connectivity index (χ0n) is 23.5. The van der Waals surface area contributed by atoms with Crippen LogP contribution in [-0.2, 0) is 12.7 Å². The van der Waals surface area contributed by atoms with Gasteiger partial charge in [0.2, 0.25) is 0 Å². The molecule has 2 aromatic rings. The Morgan fingerprint density at radius 2 is 1.90 bits per heavy atom. The van der Waals surface area contributed by atoms with Crippen LogP contribution in [0.1, 0.15) is 59.3 Å². The third kappa shape index (κ3) is 7.32. The van der Waals surface area contributed by atoms with Crippen molar-refractivity contribution in [1.29, 1.82) is 0 Å². The Labute approximate surface area is 234 Å². The summed E-state index contributed by atoms with van der Waals surface area (Å²) in [6, 6.07) is 9.36. The van der Waals surface area contributed by atoms with Crippen LogP contribution in [0.2, 0.25) is 0 Å². The molecule has 40 heavy (non-hydrogen) atoms. The standard InChI is InChI=1S/C31H36F3N5O/c1-5-28(39-23(3)7-6-14-35-39)13-11-24-19-25(9-8-22(24)2)30(40)36-27-12-10-26(29(20-27)31(32,33)34)21-38-17-15-37(4)16-18-38/h5,8-10,12,14,19-20,23H,6-7,15-18,21H2,1-4H3,(H,36,40)/b28-5-. The molecule has 1 amide bonds. The molecule has 0 aliphatic carbocycles. The van der Waals surface area contributed by atoms with E-state index in [1.54, 1.807) is 18.2 Å². The van der Waals surface area contributed by atoms with E-state index in [-0.39, 0.29) is 23.8 Å². The molecule has 4 rings (SSSR count). The van der Waals surface area contributed by atoms with Gasteiger partial charge >= 0.3 is 6.18 Å². The largest absolute Gasteiger partial charge is 0.416 e. The number of alkyl halides is 3. The van der Waals surface area contributed by atoms with Crippen molar-refractivity contribution < 1.29 is 18.0 Å². The van der Waals surface area contributed by atoms with Crippen LogP contribution in [0.5, 0.6) is 0 Å². The van der Waals surface area contributed by atoms with E-state index < -0.39 is 17.6 Å². The molecule has 1 saturated heterocycles. The number of piperazine rings is 1. The van der Waals surface area contributed by atoms with Crippen LogP contribution in [-0.4, -0.2) is 66.2 Å². The molecule has 6 nitrogen and oxygen atoms in total. The molecule has 2 aromatic carbocycles. The zero-order chi connectivity index (χ0) is 28.9. The number of amides is 1. The van der Waals surface area contributed by atoms with Crippen molar-refractivity contribution in [3.05, 3.63) is 76.0 Å². The second kappa shape index (κ2) is 12.7. The van der Waals surface area contributed by atoms with E-state index in [9.17, 15) is 18.0 Å². The van der Waals surface area contributed by atoms with E-state index in [1.807, 2.05) is 43.1 Å². The van der Waals surface area contributed by atoms with Crippen LogP contribution in [0.25, 0.3) is 0 Å². The summed E-state index contributed by atoms with van der Waals surface area (Å²) in [5.74, 6) is 5.82. The molecule has 0 bridgehead atoms. The fraction of sp³-hybridized carbons (Fsp3) is 0.419. The van der Waals surface area contributed by atoms with E-state index in [0.29, 0.717) is 24.2 Å². The van der Waals surface area contributed by atoms with Gasteiger partial charge in [0.25, 0.3) is 5.91 Å². The molecule has 0 saturated carbocycles. The molecule has 2 aliphatic heterocycles. The highest BCUT2D eigenvalue weighted by molar-refractivity contribution is 6.04. The van der Waals surface area contributed by atoms with Gasteiger partial charge in [-0.15, -0.1) is 0 Å². The highest BCUT2D eigenvalue weighted by Crippen LogP contribution is 2.35. The van der Waals surface area contributed by atoms with E-state index in [1.165, 1.54) is 12.1 Å². The van der Waals surface area contributed by atoms with Gasteiger partial charge in [-0.3, -0.25) is 14.7 Å². The highest BCUT2D eigenvalue weighted by Gasteiger charge is 2.34. The average Bonchev–Trinajstić information content (AvgIpc) is 2.92. The number of allylic oxidation sites excluding steroid dienone is 2. The predicted molar refractivity (Wildman–Crippen MR) is 153 cm³/mol. The minimum Gasteiger partial charge on any atom is -0.322 e. The predicted octanol–water partition coefficient (Wildman–Crippen LogP) is 5.74. The first kappa shape index (κ1) is 29.4. The van der Waals surface area contributed by atoms with Gasteiger partial charge in [0.05, 0.1) is 11.6 Å². The summed E-state index contributed by atoms with van der Waals surface area (Å²) in [6.45, 7) is 9.18. The van der Waals surface area contributed by atoms with Crippen LogP contribution in [0, 0.1) is 18.8 Å². The third-order valence-electron chi connectivity index (χ3n) is 7.35. The van der Waals surface area contributed by atoms with Crippen molar-refractivity contribution in [3.8, 4) is 11.8 Å². The molecule has 1 N–H and O–H groups in total. The first-order chi connectivity index (χ1) is 19.0. The minimum atomic E-state index is -4.53. The average molecular weight is 552 g/mol. The summed E-state index contributed by atoms with van der Waals surface area (Å²) in [7, 11) is 2.00. The Hall–Kier alpha value is -3.61. The first-order valence-electron chi connectivity index (χ1n) is 13.6. The van der Waals surface area contributed by atoms with Gasteiger partial charge in [0.1, 0.15) is 5.70 Å². The normalized spacial score (nSPS) is 18.8. The van der Waals surface area contributed by atoms with E-state index in [4.69, 9.17) is 0 Å². The fourth-order valence-electron chi connectivity index (χ4n) is 4.79. The number of rotatable bonds is 5. The first-order valence-corrected chi connectivity index (χ1v) is 13.6. The van der Waals surface area contributed by atoms with Crippen LogP contribution < -0.4 is 5.32 Å². The molecule has 0 spiro atoms. The summed E-state index contributed by atoms with van der Waals surface area (Å²) in [5.41, 5.74) is 2.22. The molecule has 0 radical (unpaired) electrons. The van der Waals surface area contributed by atoms with Crippen molar-refractivity contribution >= 4 is 17.8 Å². The molecule has 2 aliphatic rings. The number of likely N-dealkylation sites (N-methyl/N-ethyl adjacent to an activating group) is 1. The number of hydrogen-bond acceptors (Lipinski definition) is 5. The second-order valence-electron chi connectivity index (χ2n) is 10.4. The lowest BCUT2D eigenvalue weighted by atomic mass is 10.0. The molecule has 1 unspecified atom stereocenters. The SMILES string of the molecule is C/C=C(/C#Cc1cc(C(=O)Nc2ccc(CN3CCN(C)CC3)c(C(F)(F)F)c2)ccc1C)N1N=CCCC1C. The highest BCUT2D eigenvalue weighted by atomic mass is 19.4. The number of carbonyl (C=O) groups is 1. The number of nitrogens with zero attached hydrogens (tertiary/aromatic N) is 4. The molecule has 0 aromatic heterocycles. The molecule has 212 valence electrons. The molecular formula is C31H36F3N5O. The van der Waals surface area contributed by atoms with E-state index in [2.05, 4.69) is 34.1 Å². The Bertz CT molecular complexity index is 1350. The number of aryl methyl sites for hydroxylation is 1. The summed E-state index contributed by atoms with van der Waals surface area (Å²) < 4.78 is 41.9. The zero-order valence-corrected chi connectivity index (χ0v) is 23.5. The summed E-state index contributed by atoms with van der Waals surface area (Å²) >= 11 is 0. The van der Waals surface area contributed by atoms with Gasteiger partial charge in [-0.2, -0.15) is 18.3 Å². The van der Waals surface area contributed by atoms with Gasteiger partial charge in [-0.05, 0) is 82.0 Å². The van der Waals surface area contributed by atoms with E-state index >= 15 is 0 Å². The van der Waals surface area contributed by atoms with Crippen molar-refractivity contribution in [2.45, 2.75) is 52.4 Å². The molecule has 1 fully saturated rings. The third-order valence-corrected chi connectivity index (χ3v) is 7.35. The number of nitrogens with one attached hydrogen (secondary N) is 1. The van der Waals surface area contributed by atoms with Crippen LogP contribution in [0.3, 0.4) is 0 Å². The minimum absolute atomic E-state index is 0.0980. The van der Waals surface area contributed by atoms with Gasteiger partial charge in [-0.25, -0.2) is 0 Å². The Kier molecular flexibility index (Phi) is 9.33. The molecule has 9 heteroatoms. The van der Waals surface area contributed by atoms with Crippen molar-refractivity contribution in [3.63, 3.8) is 0 Å². The van der Waals surface area contributed by atoms with Crippen LogP contribution in [0.4, 0.5) is 18.9 Å². The number of anilines is 1. The van der Waals surface area contributed by atoms with Crippen molar-refractivity contribution in [1.82, 2.24) is 14.8 Å². The maximum atomic E-state index is 14.0. The monoisotopic (exact) mass is 551 g/mol. The van der Waals surface area contributed by atoms with Crippen molar-refractivity contribution in [2.24, 2.45) is 5.10 Å². The smallest absolute Gasteiger partial charge is 0.322 e. The van der Waals surface area contributed by atoms with E-state index in [0.717, 1.165) is 43.3 Å². The fourth-order valence-corrected chi connectivity index (χ4v) is 4.79. The van der Waals surface area contributed by atoms with Crippen LogP contribution >= 0.6 is 0 Å². The van der Waals surface area contributed by atoms with Crippen molar-refractivity contribution in [2.75, 3.05) is 38.5 Å². The maximum absolute atomic E-state index is 14.0. The van der Waals surface area contributed by atoms with Gasteiger partial charge in [-0.1, -0.05) is 24.1 Å². The number of carbonyl (C=O) groups excluding carboxylic acids is 1. The topological polar surface area (TPSA) is 51.2 Å². The van der Waals surface area contributed by atoms with Gasteiger partial charge in [0.15, 0.2) is 0 Å². The Morgan fingerprint density at radius 1 is 1.15 bits per heavy atom. The number of hydrazone groups is 1. The number of halogens is 3. The Morgan fingerprint density at radius 3 is 2.58 bits per heavy atom. The van der Waals surface area contributed by atoms with Crippen LogP contribution in [0.15, 0.2) is 53.3 Å². The van der Waals surface area contributed by atoms with Gasteiger partial charge in [0, 0.05) is 55.8 Å². The molecule has 2 heterocycles. The maximum Gasteiger partial charge on any atom is 0.416 e. The molecular weight excluding hydrogens is 515 g/mol. The lowest BCUT2D eigenvalue weighted by molar-refractivity contribution is -0.138. The summed E-state index contributed by atoms with van der Waals surface area (Å²) in [6.07, 6.45) is 1.18. The summed E-state index contributed by atoms with van der Waals surface area (Å²) in [4.78, 5) is 17.2. The summed E-state index contributed by atoms with van der Waals surface area (Å²) in [5, 5.41) is 9.00. The lowest BCUT2D eigenvalue weighted by Crippen LogP contribution is -2.44.